The molecule has 0 aromatic heterocycles. The third-order valence-electron chi connectivity index (χ3n) is 5.45. The van der Waals surface area contributed by atoms with E-state index < -0.39 is 0 Å². The summed E-state index contributed by atoms with van der Waals surface area (Å²) in [6.07, 6.45) is 0.799. The Morgan fingerprint density at radius 2 is 2.14 bits per heavy atom. The summed E-state index contributed by atoms with van der Waals surface area (Å²) in [7, 11) is 3.27. The van der Waals surface area contributed by atoms with Crippen LogP contribution < -0.4 is 15.4 Å². The van der Waals surface area contributed by atoms with Crippen molar-refractivity contribution in [3.05, 3.63) is 29.3 Å². The number of carbonyl (C=O) groups is 2. The zero-order chi connectivity index (χ0) is 20.3. The van der Waals surface area contributed by atoms with Crippen molar-refractivity contribution in [3.8, 4) is 5.75 Å². The molecule has 154 valence electrons. The number of fused-ring (bicyclic) bond motifs is 1. The van der Waals surface area contributed by atoms with Crippen molar-refractivity contribution in [2.24, 2.45) is 5.92 Å². The number of methoxy groups -OCH3 is 2. The number of urea groups is 1. The Labute approximate surface area is 170 Å². The van der Waals surface area contributed by atoms with E-state index in [1.54, 1.807) is 14.2 Å². The first-order valence-corrected chi connectivity index (χ1v) is 10.5. The van der Waals surface area contributed by atoms with E-state index in [0.29, 0.717) is 19.7 Å². The molecule has 2 N–H and O–H groups in total. The summed E-state index contributed by atoms with van der Waals surface area (Å²) in [5.41, 5.74) is 2.39. The second-order valence-corrected chi connectivity index (χ2v) is 8.70. The molecule has 2 heterocycles. The van der Waals surface area contributed by atoms with Crippen LogP contribution >= 0.6 is 11.8 Å². The fraction of sp³-hybridized carbons (Fsp3) is 0.600. The Morgan fingerprint density at radius 1 is 1.36 bits per heavy atom. The average Bonchev–Trinajstić information content (AvgIpc) is 2.69. The minimum absolute atomic E-state index is 0.0119. The number of rotatable bonds is 6. The van der Waals surface area contributed by atoms with Crippen molar-refractivity contribution in [1.82, 2.24) is 15.5 Å². The van der Waals surface area contributed by atoms with E-state index >= 15 is 0 Å². The van der Waals surface area contributed by atoms with E-state index in [-0.39, 0.29) is 34.5 Å². The van der Waals surface area contributed by atoms with Gasteiger partial charge >= 0.3 is 6.03 Å². The van der Waals surface area contributed by atoms with Crippen LogP contribution in [0.5, 0.6) is 5.75 Å². The van der Waals surface area contributed by atoms with Crippen LogP contribution in [0.25, 0.3) is 0 Å². The van der Waals surface area contributed by atoms with Gasteiger partial charge in [0.25, 0.3) is 0 Å². The summed E-state index contributed by atoms with van der Waals surface area (Å²) in [5, 5.41) is 5.23. The summed E-state index contributed by atoms with van der Waals surface area (Å²) in [4.78, 5) is 27.0. The van der Waals surface area contributed by atoms with E-state index in [2.05, 4.69) is 30.5 Å². The standard InChI is InChI=1S/C20H29N3O4S/c1-12-10-21-20(25)22-18(12)28-17(11-26-3)19(24)23-8-7-14-9-15(27-4)5-6-16(14)13(23)2/h5-6,9,12-13,17-18H,7-8,10-11H2,1-4H3,(H2,21,22,25)/t12?,13-,17+,18?/m0/s1. The molecule has 3 rings (SSSR count). The predicted octanol–water partition coefficient (Wildman–Crippen LogP) is 2.16. The highest BCUT2D eigenvalue weighted by molar-refractivity contribution is 8.01. The molecule has 1 saturated heterocycles. The molecule has 1 aromatic rings. The van der Waals surface area contributed by atoms with Gasteiger partial charge in [0.15, 0.2) is 0 Å². The Balaban J connectivity index is 1.74. The predicted molar refractivity (Wildman–Crippen MR) is 110 cm³/mol. The summed E-state index contributed by atoms with van der Waals surface area (Å²) in [6, 6.07) is 5.85. The fourth-order valence-electron chi connectivity index (χ4n) is 3.77. The number of thioether (sulfide) groups is 1. The molecule has 7 nitrogen and oxygen atoms in total. The highest BCUT2D eigenvalue weighted by Gasteiger charge is 2.36. The first-order chi connectivity index (χ1) is 13.4. The second-order valence-electron chi connectivity index (χ2n) is 7.35. The van der Waals surface area contributed by atoms with Crippen molar-refractivity contribution in [1.29, 1.82) is 0 Å². The lowest BCUT2D eigenvalue weighted by Crippen LogP contribution is -2.54. The number of hydrogen-bond donors (Lipinski definition) is 2. The van der Waals surface area contributed by atoms with Gasteiger partial charge in [-0.15, -0.1) is 11.8 Å². The van der Waals surface area contributed by atoms with Crippen LogP contribution in [-0.2, 0) is 16.0 Å². The van der Waals surface area contributed by atoms with Gasteiger partial charge in [0.1, 0.15) is 11.0 Å². The molecule has 2 aliphatic heterocycles. The third kappa shape index (κ3) is 4.38. The van der Waals surface area contributed by atoms with Crippen molar-refractivity contribution < 1.29 is 19.1 Å². The number of amides is 3. The molecule has 0 radical (unpaired) electrons. The molecule has 1 aromatic carbocycles. The lowest BCUT2D eigenvalue weighted by molar-refractivity contribution is -0.134. The number of ether oxygens (including phenoxy) is 2. The van der Waals surface area contributed by atoms with Crippen LogP contribution in [-0.4, -0.2) is 61.4 Å². The smallest absolute Gasteiger partial charge is 0.315 e. The molecule has 28 heavy (non-hydrogen) atoms. The molecule has 3 amide bonds. The maximum absolute atomic E-state index is 13.4. The molecule has 0 aliphatic carbocycles. The number of nitrogens with one attached hydrogen (secondary N) is 2. The van der Waals surface area contributed by atoms with Crippen molar-refractivity contribution in [2.45, 2.75) is 36.9 Å². The number of nitrogens with zero attached hydrogens (tertiary/aromatic N) is 1. The minimum Gasteiger partial charge on any atom is -0.497 e. The van der Waals surface area contributed by atoms with E-state index in [4.69, 9.17) is 9.47 Å². The quantitative estimate of drug-likeness (QED) is 0.756. The van der Waals surface area contributed by atoms with E-state index in [0.717, 1.165) is 17.7 Å². The molecular weight excluding hydrogens is 378 g/mol. The molecule has 2 aliphatic rings. The van der Waals surface area contributed by atoms with Gasteiger partial charge in [-0.3, -0.25) is 4.79 Å². The van der Waals surface area contributed by atoms with E-state index in [1.807, 2.05) is 17.0 Å². The van der Waals surface area contributed by atoms with Gasteiger partial charge in [-0.1, -0.05) is 13.0 Å². The normalized spacial score (nSPS) is 25.4. The lowest BCUT2D eigenvalue weighted by atomic mass is 9.93. The van der Waals surface area contributed by atoms with E-state index in [1.165, 1.54) is 17.3 Å². The van der Waals surface area contributed by atoms with Gasteiger partial charge < -0.3 is 25.0 Å². The molecule has 1 fully saturated rings. The molecule has 2 unspecified atom stereocenters. The fourth-order valence-corrected chi connectivity index (χ4v) is 5.13. The van der Waals surface area contributed by atoms with Gasteiger partial charge in [0, 0.05) is 26.1 Å². The third-order valence-corrected chi connectivity index (χ3v) is 6.99. The topological polar surface area (TPSA) is 79.9 Å². The Hall–Kier alpha value is -1.93. The second kappa shape index (κ2) is 9.05. The number of benzene rings is 1. The average molecular weight is 408 g/mol. The molecule has 0 spiro atoms. The van der Waals surface area contributed by atoms with Gasteiger partial charge in [-0.05, 0) is 36.6 Å². The zero-order valence-corrected chi connectivity index (χ0v) is 17.7. The molecule has 0 saturated carbocycles. The highest BCUT2D eigenvalue weighted by Crippen LogP contribution is 2.34. The minimum atomic E-state index is -0.363. The summed E-state index contributed by atoms with van der Waals surface area (Å²) in [5.74, 6) is 1.12. The van der Waals surface area contributed by atoms with Crippen LogP contribution in [0.15, 0.2) is 18.2 Å². The number of hydrogen-bond acceptors (Lipinski definition) is 5. The van der Waals surface area contributed by atoms with Crippen LogP contribution in [0.2, 0.25) is 0 Å². The maximum Gasteiger partial charge on any atom is 0.315 e. The van der Waals surface area contributed by atoms with Gasteiger partial charge in [0.05, 0.1) is 25.1 Å². The zero-order valence-electron chi connectivity index (χ0n) is 16.9. The van der Waals surface area contributed by atoms with Gasteiger partial charge in [0.2, 0.25) is 5.91 Å². The van der Waals surface area contributed by atoms with E-state index in [9.17, 15) is 9.59 Å². The highest BCUT2D eigenvalue weighted by atomic mass is 32.2. The SMILES string of the molecule is COC[C@@H](SC1NC(=O)NCC1C)C(=O)N1CCc2cc(OC)ccc2[C@@H]1C. The molecule has 4 atom stereocenters. The lowest BCUT2D eigenvalue weighted by Gasteiger charge is -2.39. The maximum atomic E-state index is 13.4. The first kappa shape index (κ1) is 20.8. The first-order valence-electron chi connectivity index (χ1n) is 9.60. The van der Waals surface area contributed by atoms with Crippen molar-refractivity contribution in [2.75, 3.05) is 33.9 Å². The largest absolute Gasteiger partial charge is 0.497 e. The molecule has 8 heteroatoms. The van der Waals surface area contributed by atoms with Gasteiger partial charge in [-0.25, -0.2) is 4.79 Å². The monoisotopic (exact) mass is 407 g/mol. The van der Waals surface area contributed by atoms with Crippen LogP contribution in [0.3, 0.4) is 0 Å². The molecule has 0 bridgehead atoms. The Kier molecular flexibility index (Phi) is 6.72. The van der Waals surface area contributed by atoms with Crippen LogP contribution in [0, 0.1) is 5.92 Å². The van der Waals surface area contributed by atoms with Crippen LogP contribution in [0.4, 0.5) is 4.79 Å². The Bertz CT molecular complexity index is 729. The summed E-state index contributed by atoms with van der Waals surface area (Å²) >= 11 is 1.49. The van der Waals surface area contributed by atoms with Gasteiger partial charge in [-0.2, -0.15) is 0 Å². The Morgan fingerprint density at radius 3 is 2.86 bits per heavy atom. The number of carbonyl (C=O) groups excluding carboxylic acids is 2. The summed E-state index contributed by atoms with van der Waals surface area (Å²) in [6.45, 7) is 5.70. The van der Waals surface area contributed by atoms with Crippen molar-refractivity contribution in [3.63, 3.8) is 0 Å². The summed E-state index contributed by atoms with van der Waals surface area (Å²) < 4.78 is 10.7. The molecular formula is C20H29N3O4S. The van der Waals surface area contributed by atoms with Crippen molar-refractivity contribution >= 4 is 23.7 Å². The van der Waals surface area contributed by atoms with Crippen LogP contribution in [0.1, 0.15) is 31.0 Å².